The average Bonchev–Trinajstić information content (AvgIpc) is 3.38. The van der Waals surface area contributed by atoms with E-state index in [9.17, 15) is 9.59 Å². The smallest absolute Gasteiger partial charge is 0.326 e. The number of rotatable bonds is 12. The van der Waals surface area contributed by atoms with Crippen LogP contribution in [0.5, 0.6) is 0 Å². The summed E-state index contributed by atoms with van der Waals surface area (Å²) in [5, 5.41) is 3.55. The molecule has 0 bridgehead atoms. The Labute approximate surface area is 209 Å². The van der Waals surface area contributed by atoms with Gasteiger partial charge >= 0.3 is 5.97 Å². The summed E-state index contributed by atoms with van der Waals surface area (Å²) in [6, 6.07) is 7.95. The summed E-state index contributed by atoms with van der Waals surface area (Å²) in [6.07, 6.45) is 12.0. The summed E-state index contributed by atoms with van der Waals surface area (Å²) in [6.45, 7) is 7.01. The van der Waals surface area contributed by atoms with Crippen LogP contribution in [-0.4, -0.2) is 36.4 Å². The minimum absolute atomic E-state index is 0.0687. The van der Waals surface area contributed by atoms with Gasteiger partial charge in [-0.2, -0.15) is 0 Å². The Morgan fingerprint density at radius 3 is 2.37 bits per heavy atom. The topological polar surface area (TPSA) is 85.9 Å². The van der Waals surface area contributed by atoms with E-state index in [1.807, 2.05) is 24.3 Å². The summed E-state index contributed by atoms with van der Waals surface area (Å²) >= 11 is 0. The molecule has 0 saturated heterocycles. The standard InChI is InChI=1S/C28H42N2O5/c1-21(2)20-33-22(3)35-30-26(31)16-15-23-11-13-24(14-12-23)19-29-28(17-7-4-8-18-28)27(32)34-25-9-5-6-10-25/h11-16,21-22,25,29H,4-10,17-20H2,1-3H3,(H,30,31). The first-order valence-electron chi connectivity index (χ1n) is 13.2. The van der Waals surface area contributed by atoms with Crippen molar-refractivity contribution >= 4 is 18.0 Å². The molecule has 2 aliphatic rings. The third-order valence-corrected chi connectivity index (χ3v) is 6.70. The van der Waals surface area contributed by atoms with Gasteiger partial charge in [0.25, 0.3) is 5.91 Å². The van der Waals surface area contributed by atoms with Crippen molar-refractivity contribution in [2.24, 2.45) is 5.92 Å². The highest BCUT2D eigenvalue weighted by Crippen LogP contribution is 2.32. The number of esters is 1. The molecule has 2 saturated carbocycles. The summed E-state index contributed by atoms with van der Waals surface area (Å²) in [7, 11) is 0. The Balaban J connectivity index is 1.47. The zero-order chi connectivity index (χ0) is 25.1. The first-order chi connectivity index (χ1) is 16.9. The number of carbonyl (C=O) groups is 2. The second-order valence-corrected chi connectivity index (χ2v) is 10.3. The number of amides is 1. The van der Waals surface area contributed by atoms with Gasteiger partial charge in [-0.1, -0.05) is 57.4 Å². The fraction of sp³-hybridized carbons (Fsp3) is 0.643. The van der Waals surface area contributed by atoms with Crippen molar-refractivity contribution in [3.05, 3.63) is 41.5 Å². The minimum Gasteiger partial charge on any atom is -0.461 e. The van der Waals surface area contributed by atoms with Gasteiger partial charge in [-0.25, -0.2) is 10.3 Å². The molecule has 0 spiro atoms. The highest BCUT2D eigenvalue weighted by molar-refractivity contribution is 5.90. The molecule has 7 heteroatoms. The summed E-state index contributed by atoms with van der Waals surface area (Å²) in [4.78, 5) is 30.3. The van der Waals surface area contributed by atoms with Crippen LogP contribution >= 0.6 is 0 Å². The number of ether oxygens (including phenoxy) is 2. The van der Waals surface area contributed by atoms with Crippen LogP contribution in [-0.2, 0) is 30.4 Å². The van der Waals surface area contributed by atoms with E-state index in [-0.39, 0.29) is 18.0 Å². The number of hydroxylamine groups is 1. The maximum Gasteiger partial charge on any atom is 0.326 e. The summed E-state index contributed by atoms with van der Waals surface area (Å²) in [5.41, 5.74) is 3.80. The van der Waals surface area contributed by atoms with Crippen LogP contribution in [0.4, 0.5) is 0 Å². The first-order valence-corrected chi connectivity index (χ1v) is 13.2. The average molecular weight is 487 g/mol. The van der Waals surface area contributed by atoms with Crippen molar-refractivity contribution in [1.29, 1.82) is 0 Å². The van der Waals surface area contributed by atoms with Gasteiger partial charge in [-0.15, -0.1) is 0 Å². The van der Waals surface area contributed by atoms with Crippen molar-refractivity contribution in [3.63, 3.8) is 0 Å². The molecule has 7 nitrogen and oxygen atoms in total. The molecule has 1 aromatic carbocycles. The Hall–Kier alpha value is -2.22. The van der Waals surface area contributed by atoms with Crippen LogP contribution in [0.25, 0.3) is 6.08 Å². The van der Waals surface area contributed by atoms with Gasteiger partial charge in [0.05, 0.1) is 6.61 Å². The van der Waals surface area contributed by atoms with Crippen LogP contribution in [0.15, 0.2) is 30.3 Å². The molecule has 2 fully saturated rings. The van der Waals surface area contributed by atoms with Crippen molar-refractivity contribution in [1.82, 2.24) is 10.8 Å². The highest BCUT2D eigenvalue weighted by Gasteiger charge is 2.41. The van der Waals surface area contributed by atoms with Gasteiger partial charge in [0.15, 0.2) is 6.29 Å². The third kappa shape index (κ3) is 9.06. The van der Waals surface area contributed by atoms with E-state index in [0.29, 0.717) is 19.1 Å². The van der Waals surface area contributed by atoms with E-state index >= 15 is 0 Å². The maximum absolute atomic E-state index is 13.1. The number of benzene rings is 1. The Morgan fingerprint density at radius 1 is 1.03 bits per heavy atom. The molecule has 0 heterocycles. The molecule has 0 aromatic heterocycles. The van der Waals surface area contributed by atoms with E-state index in [1.54, 1.807) is 13.0 Å². The number of hydrogen-bond acceptors (Lipinski definition) is 6. The molecule has 1 aromatic rings. The van der Waals surface area contributed by atoms with Gasteiger partial charge in [0.1, 0.15) is 11.6 Å². The fourth-order valence-electron chi connectivity index (χ4n) is 4.61. The Bertz CT molecular complexity index is 824. The molecule has 35 heavy (non-hydrogen) atoms. The van der Waals surface area contributed by atoms with Gasteiger partial charge in [0.2, 0.25) is 0 Å². The Kier molecular flexibility index (Phi) is 10.8. The van der Waals surface area contributed by atoms with E-state index in [1.165, 1.54) is 12.5 Å². The van der Waals surface area contributed by atoms with Gasteiger partial charge < -0.3 is 9.47 Å². The lowest BCUT2D eigenvalue weighted by molar-refractivity contribution is -0.180. The van der Waals surface area contributed by atoms with Crippen LogP contribution in [0.2, 0.25) is 0 Å². The largest absolute Gasteiger partial charge is 0.461 e. The van der Waals surface area contributed by atoms with E-state index in [0.717, 1.165) is 62.5 Å². The number of nitrogens with one attached hydrogen (secondary N) is 2. The minimum atomic E-state index is -0.576. The lowest BCUT2D eigenvalue weighted by Gasteiger charge is -2.36. The van der Waals surface area contributed by atoms with Gasteiger partial charge in [0, 0.05) is 12.6 Å². The molecule has 1 atom stereocenters. The third-order valence-electron chi connectivity index (χ3n) is 6.70. The normalized spacial score (nSPS) is 19.2. The molecular weight excluding hydrogens is 444 g/mol. The SMILES string of the molecule is CC(C)COC(C)ONC(=O)C=Cc1ccc(CNC2(C(=O)OC3CCCC3)CCCCC2)cc1. The van der Waals surface area contributed by atoms with Crippen molar-refractivity contribution in [3.8, 4) is 0 Å². The maximum atomic E-state index is 13.1. The van der Waals surface area contributed by atoms with Crippen LogP contribution < -0.4 is 10.8 Å². The molecule has 1 amide bonds. The highest BCUT2D eigenvalue weighted by atomic mass is 16.8. The molecule has 194 valence electrons. The van der Waals surface area contributed by atoms with E-state index in [2.05, 4.69) is 24.6 Å². The second-order valence-electron chi connectivity index (χ2n) is 10.3. The lowest BCUT2D eigenvalue weighted by Crippen LogP contribution is -2.54. The lowest BCUT2D eigenvalue weighted by atomic mass is 9.81. The van der Waals surface area contributed by atoms with Crippen molar-refractivity contribution in [2.75, 3.05) is 6.61 Å². The van der Waals surface area contributed by atoms with Crippen LogP contribution in [0.3, 0.4) is 0 Å². The summed E-state index contributed by atoms with van der Waals surface area (Å²) in [5.74, 6) is -0.0228. The van der Waals surface area contributed by atoms with Crippen molar-refractivity contribution < 1.29 is 23.9 Å². The predicted molar refractivity (Wildman–Crippen MR) is 136 cm³/mol. The van der Waals surface area contributed by atoms with Crippen LogP contribution in [0, 0.1) is 5.92 Å². The quantitative estimate of drug-likeness (QED) is 0.186. The molecule has 3 rings (SSSR count). The molecule has 1 unspecified atom stereocenters. The van der Waals surface area contributed by atoms with E-state index < -0.39 is 11.8 Å². The molecular formula is C28H42N2O5. The van der Waals surface area contributed by atoms with Crippen LogP contribution in [0.1, 0.15) is 89.7 Å². The monoisotopic (exact) mass is 486 g/mol. The fourth-order valence-corrected chi connectivity index (χ4v) is 4.61. The molecule has 2 aliphatic carbocycles. The van der Waals surface area contributed by atoms with Gasteiger partial charge in [-0.05, 0) is 68.6 Å². The predicted octanol–water partition coefficient (Wildman–Crippen LogP) is 5.04. The van der Waals surface area contributed by atoms with Gasteiger partial charge in [-0.3, -0.25) is 14.9 Å². The number of hydrogen-bond donors (Lipinski definition) is 2. The summed E-state index contributed by atoms with van der Waals surface area (Å²) < 4.78 is 11.4. The first kappa shape index (κ1) is 27.4. The zero-order valence-electron chi connectivity index (χ0n) is 21.5. The molecule has 2 N–H and O–H groups in total. The van der Waals surface area contributed by atoms with E-state index in [4.69, 9.17) is 14.3 Å². The second kappa shape index (κ2) is 13.8. The van der Waals surface area contributed by atoms with Crippen molar-refractivity contribution in [2.45, 2.75) is 103 Å². The zero-order valence-corrected chi connectivity index (χ0v) is 21.5. The Morgan fingerprint density at radius 2 is 1.71 bits per heavy atom. The molecule has 0 radical (unpaired) electrons. The molecule has 0 aliphatic heterocycles. The number of carbonyl (C=O) groups excluding carboxylic acids is 2.